The van der Waals surface area contributed by atoms with Crippen LogP contribution in [0.15, 0.2) is 30.0 Å². The highest BCUT2D eigenvalue weighted by Crippen LogP contribution is 2.50. The number of fused-ring (bicyclic) bond motifs is 2. The summed E-state index contributed by atoms with van der Waals surface area (Å²) in [4.78, 5) is 50.1. The van der Waals surface area contributed by atoms with E-state index in [1.807, 2.05) is 0 Å². The van der Waals surface area contributed by atoms with E-state index >= 15 is 0 Å². The van der Waals surface area contributed by atoms with Gasteiger partial charge in [0.25, 0.3) is 5.56 Å². The van der Waals surface area contributed by atoms with Crippen molar-refractivity contribution in [1.29, 1.82) is 0 Å². The quantitative estimate of drug-likeness (QED) is 0.0871. The topological polar surface area (TPSA) is 315 Å². The molecule has 8 N–H and O–H groups in total. The molecule has 0 aromatic carbocycles. The largest absolute Gasteiger partial charge is 0.694 e. The number of nitrogens with one attached hydrogen (secondary N) is 1. The molecule has 2 aliphatic rings. The van der Waals surface area contributed by atoms with E-state index in [2.05, 4.69) is 34.5 Å². The summed E-state index contributed by atoms with van der Waals surface area (Å²) in [6, 6.07) is 0. The smallest absolute Gasteiger partial charge is 0.387 e. The highest BCUT2D eigenvalue weighted by atomic mass is 31.2. The van der Waals surface area contributed by atoms with Crippen molar-refractivity contribution in [3.63, 3.8) is 0 Å². The van der Waals surface area contributed by atoms with E-state index in [0.717, 1.165) is 17.2 Å². The lowest BCUT2D eigenvalue weighted by Gasteiger charge is -2.24. The summed E-state index contributed by atoms with van der Waals surface area (Å²) >= 11 is 0. The van der Waals surface area contributed by atoms with Crippen LogP contribution >= 0.6 is 16.1 Å². The van der Waals surface area contributed by atoms with E-state index in [1.54, 1.807) is 0 Å². The number of anilines is 1. The number of nitrogens with zero attached hydrogens (tertiary/aromatic N) is 7. The second-order valence-corrected chi connectivity index (χ2v) is 11.8. The summed E-state index contributed by atoms with van der Waals surface area (Å²) in [5.41, 5.74) is 5.61. The molecule has 0 bridgehead atoms. The van der Waals surface area contributed by atoms with Gasteiger partial charge in [-0.2, -0.15) is 5.10 Å². The number of aromatic nitrogens is 8. The molecule has 2 fully saturated rings. The maximum absolute atomic E-state index is 13.1. The van der Waals surface area contributed by atoms with E-state index in [1.165, 1.54) is 17.2 Å². The molecule has 4 aromatic rings. The number of hydrogen-bond donors (Lipinski definition) is 7. The summed E-state index contributed by atoms with van der Waals surface area (Å²) in [6.45, 7) is -1.41. The van der Waals surface area contributed by atoms with Gasteiger partial charge in [-0.15, -0.1) is 9.42 Å². The van der Waals surface area contributed by atoms with Gasteiger partial charge in [0.05, 0.1) is 25.5 Å². The van der Waals surface area contributed by atoms with Gasteiger partial charge in [-0.3, -0.25) is 18.4 Å². The number of H-pyrrole nitrogens is 1. The number of nitrogens with two attached hydrogens (primary N) is 1. The molecule has 236 valence electrons. The lowest BCUT2D eigenvalue weighted by Crippen LogP contribution is -2.36. The minimum atomic E-state index is -5.12. The number of aliphatic hydroxyl groups excluding tert-OH is 3. The Bertz CT molecular complexity index is 1800. The zero-order chi connectivity index (χ0) is 31.3. The summed E-state index contributed by atoms with van der Waals surface area (Å²) in [5.74, 6) is 0.0705. The zero-order valence-electron chi connectivity index (χ0n) is 21.9. The van der Waals surface area contributed by atoms with Crippen LogP contribution in [-0.2, 0) is 32.2 Å². The molecule has 0 aliphatic carbocycles. The van der Waals surface area contributed by atoms with E-state index in [-0.39, 0.29) is 28.0 Å². The number of imidazole rings is 1. The molecule has 0 amide bonds. The third-order valence-corrected chi connectivity index (χ3v) is 8.31. The van der Waals surface area contributed by atoms with Crippen LogP contribution in [-0.4, -0.2) is 114 Å². The van der Waals surface area contributed by atoms with Crippen LogP contribution in [0.4, 0.5) is 5.82 Å². The van der Waals surface area contributed by atoms with Crippen LogP contribution in [0.1, 0.15) is 12.5 Å². The second kappa shape index (κ2) is 11.9. The van der Waals surface area contributed by atoms with Crippen LogP contribution in [0.2, 0.25) is 0 Å². The number of phosphoric ester groups is 1. The van der Waals surface area contributed by atoms with Crippen LogP contribution < -0.4 is 11.3 Å². The Balaban J connectivity index is 1.19. The van der Waals surface area contributed by atoms with Crippen molar-refractivity contribution < 1.29 is 57.3 Å². The Labute approximate surface area is 244 Å². The Morgan fingerprint density at radius 2 is 1.80 bits per heavy atom. The first-order valence-corrected chi connectivity index (χ1v) is 15.2. The van der Waals surface area contributed by atoms with Crippen LogP contribution in [0, 0.1) is 0 Å². The van der Waals surface area contributed by atoms with Crippen molar-refractivity contribution >= 4 is 44.1 Å². The van der Waals surface area contributed by atoms with Gasteiger partial charge in [-0.1, -0.05) is 0 Å². The normalized spacial score (nSPS) is 30.7. The highest BCUT2D eigenvalue weighted by molar-refractivity contribution is 7.47. The molecule has 24 heteroatoms. The first kappa shape index (κ1) is 30.6. The van der Waals surface area contributed by atoms with Gasteiger partial charge in [0.1, 0.15) is 60.5 Å². The number of aliphatic hydroxyl groups is 3. The zero-order valence-corrected chi connectivity index (χ0v) is 23.7. The van der Waals surface area contributed by atoms with Gasteiger partial charge in [0, 0.05) is 4.57 Å². The molecule has 2 unspecified atom stereocenters. The van der Waals surface area contributed by atoms with Crippen molar-refractivity contribution in [1.82, 2.24) is 39.3 Å². The van der Waals surface area contributed by atoms with Crippen molar-refractivity contribution in [2.24, 2.45) is 0 Å². The van der Waals surface area contributed by atoms with Crippen LogP contribution in [0.3, 0.4) is 0 Å². The van der Waals surface area contributed by atoms with Gasteiger partial charge < -0.3 is 40.4 Å². The molecule has 0 saturated carbocycles. The first-order valence-electron chi connectivity index (χ1n) is 12.6. The van der Waals surface area contributed by atoms with Crippen LogP contribution in [0.25, 0.3) is 22.2 Å². The maximum atomic E-state index is 13.1. The fourth-order valence-electron chi connectivity index (χ4n) is 4.87. The summed E-state index contributed by atoms with van der Waals surface area (Å²) < 4.78 is 52.7. The summed E-state index contributed by atoms with van der Waals surface area (Å²) in [5, 5.41) is 36.1. The molecule has 6 rings (SSSR count). The first-order chi connectivity index (χ1) is 20.9. The number of nitrogen functional groups attached to an aromatic ring is 1. The summed E-state index contributed by atoms with van der Waals surface area (Å²) in [6.07, 6.45) is -7.45. The Morgan fingerprint density at radius 1 is 1.05 bits per heavy atom. The molecule has 4 aromatic heterocycles. The molecular weight excluding hydrogens is 636 g/mol. The highest BCUT2D eigenvalue weighted by Gasteiger charge is 2.51. The Morgan fingerprint density at radius 3 is 2.57 bits per heavy atom. The van der Waals surface area contributed by atoms with Crippen LogP contribution in [0.5, 0.6) is 0 Å². The van der Waals surface area contributed by atoms with Gasteiger partial charge in [-0.05, 0) is 0 Å². The third kappa shape index (κ3) is 5.62. The van der Waals surface area contributed by atoms with E-state index < -0.39 is 83.9 Å². The number of hydrogen-bond acceptors (Lipinski definition) is 17. The Kier molecular flexibility index (Phi) is 8.26. The number of phosphoric acid groups is 1. The SMILES string of the molecule is Nc1ncnc2c1ncn2[C@@H]1O[C@H](COP(=O)(O)O[C@@H]2[C@H](O)[C@@H](CO[P+](=O)O)O[C@H]2n2ncc3c(=O)[nH]cnc32)[C@@H](O)[C@H]1O. The Hall–Kier alpha value is -3.37. The monoisotopic (exact) mass is 660 g/mol. The molecule has 0 radical (unpaired) electrons. The van der Waals surface area contributed by atoms with Crippen molar-refractivity contribution in [2.75, 3.05) is 18.9 Å². The molecular formula is C20H24N9O13P2+. The molecule has 10 atom stereocenters. The number of ether oxygens (including phenoxy) is 2. The number of aromatic amines is 1. The van der Waals surface area contributed by atoms with Crippen molar-refractivity contribution in [3.8, 4) is 0 Å². The fourth-order valence-corrected chi connectivity index (χ4v) is 6.08. The maximum Gasteiger partial charge on any atom is 0.694 e. The molecule has 0 spiro atoms. The molecule has 44 heavy (non-hydrogen) atoms. The average Bonchev–Trinajstić information content (AvgIpc) is 3.73. The fraction of sp³-hybridized carbons (Fsp3) is 0.500. The standard InChI is InChI=1S/C20H23N9O13P2/c21-15-10-17(24-4-22-15)28(6-26-10)19-13(32)11(30)9(40-19)3-39-44(36,37)42-14-12(31)8(2-38-43(34)35)41-20(14)29-16-7(1-27-29)18(33)25-5-23-16/h1,4-6,8-9,11-14,19-20,30-32H,2-3H2,(H4-,21,22,23,24,25,27,33,34,35,36,37)/p+1/t8-,9-,11-,12-,13-,14-,19-,20-/m1/s1. The molecule has 6 heterocycles. The predicted molar refractivity (Wildman–Crippen MR) is 140 cm³/mol. The molecule has 2 saturated heterocycles. The average molecular weight is 660 g/mol. The van der Waals surface area contributed by atoms with Gasteiger partial charge in [-0.25, -0.2) is 29.2 Å². The second-order valence-electron chi connectivity index (χ2n) is 9.61. The molecule has 2 aliphatic heterocycles. The molecule has 22 nitrogen and oxygen atoms in total. The third-order valence-electron chi connectivity index (χ3n) is 6.95. The van der Waals surface area contributed by atoms with E-state index in [9.17, 15) is 34.1 Å². The lowest BCUT2D eigenvalue weighted by atomic mass is 10.1. The van der Waals surface area contributed by atoms with Gasteiger partial charge in [0.15, 0.2) is 29.6 Å². The van der Waals surface area contributed by atoms with Crippen molar-refractivity contribution in [3.05, 3.63) is 35.5 Å². The minimum absolute atomic E-state index is 0.0196. The van der Waals surface area contributed by atoms with Gasteiger partial charge in [0.2, 0.25) is 0 Å². The minimum Gasteiger partial charge on any atom is -0.387 e. The van der Waals surface area contributed by atoms with Crippen molar-refractivity contribution in [2.45, 2.75) is 49.1 Å². The van der Waals surface area contributed by atoms with E-state index in [0.29, 0.717) is 0 Å². The summed E-state index contributed by atoms with van der Waals surface area (Å²) in [7, 11) is -8.21. The lowest BCUT2D eigenvalue weighted by molar-refractivity contribution is -0.0634. The predicted octanol–water partition coefficient (Wildman–Crippen LogP) is -2.41. The van der Waals surface area contributed by atoms with Gasteiger partial charge >= 0.3 is 16.1 Å². The van der Waals surface area contributed by atoms with E-state index in [4.69, 9.17) is 29.1 Å². The number of rotatable bonds is 10.